The number of rotatable bonds is 3. The number of benzene rings is 1. The molecule has 2 unspecified atom stereocenters. The van der Waals surface area contributed by atoms with E-state index in [0.29, 0.717) is 6.29 Å². The highest BCUT2D eigenvalue weighted by molar-refractivity contribution is 5.63. The van der Waals surface area contributed by atoms with Crippen LogP contribution in [0.4, 0.5) is 0 Å². The smallest absolute Gasteiger partial charge is 0.151 e. The number of carbonyl (C=O) groups is 1. The van der Waals surface area contributed by atoms with Gasteiger partial charge in [0, 0.05) is 5.92 Å². The predicted octanol–water partition coefficient (Wildman–Crippen LogP) is 1.74. The molecule has 2 nitrogen and oxygen atoms in total. The molecule has 0 bridgehead atoms. The van der Waals surface area contributed by atoms with Gasteiger partial charge < -0.3 is 9.90 Å². The molecule has 0 aliphatic rings. The van der Waals surface area contributed by atoms with Gasteiger partial charge in [0.1, 0.15) is 5.60 Å². The van der Waals surface area contributed by atoms with Crippen LogP contribution in [0, 0.1) is 0 Å². The summed E-state index contributed by atoms with van der Waals surface area (Å²) in [6.07, 6.45) is 0.588. The van der Waals surface area contributed by atoms with Gasteiger partial charge in [0.05, 0.1) is 0 Å². The number of carbonyl (C=O) groups excluding carboxylic acids is 1. The molecular formula is C11H14O2. The fraction of sp³-hybridized carbons (Fsp3) is 0.364. The monoisotopic (exact) mass is 178 g/mol. The van der Waals surface area contributed by atoms with Crippen LogP contribution < -0.4 is 0 Å². The Balaban J connectivity index is 2.91. The van der Waals surface area contributed by atoms with Crippen molar-refractivity contribution in [1.29, 1.82) is 0 Å². The molecule has 0 fully saturated rings. The molecule has 0 aliphatic carbocycles. The molecule has 1 aromatic carbocycles. The Morgan fingerprint density at radius 3 is 2.38 bits per heavy atom. The number of aldehydes is 1. The first-order chi connectivity index (χ1) is 6.08. The molecule has 0 spiro atoms. The molecule has 0 amide bonds. The highest BCUT2D eigenvalue weighted by atomic mass is 16.3. The zero-order valence-corrected chi connectivity index (χ0v) is 7.90. The Morgan fingerprint density at radius 2 is 1.92 bits per heavy atom. The van der Waals surface area contributed by atoms with E-state index in [2.05, 4.69) is 0 Å². The topological polar surface area (TPSA) is 37.3 Å². The second-order valence-corrected chi connectivity index (χ2v) is 3.48. The molecule has 1 aromatic rings. The maximum absolute atomic E-state index is 10.6. The standard InChI is InChI=1S/C11H14O2/c1-9(11(2,13)8-12)10-6-4-3-5-7-10/h3-9,13H,1-2H3. The maximum Gasteiger partial charge on any atom is 0.151 e. The van der Waals surface area contributed by atoms with Crippen molar-refractivity contribution < 1.29 is 9.90 Å². The molecule has 13 heavy (non-hydrogen) atoms. The van der Waals surface area contributed by atoms with Crippen LogP contribution in [-0.4, -0.2) is 17.0 Å². The van der Waals surface area contributed by atoms with Crippen LogP contribution in [0.2, 0.25) is 0 Å². The lowest BCUT2D eigenvalue weighted by atomic mass is 9.86. The maximum atomic E-state index is 10.6. The number of aliphatic hydroxyl groups is 1. The van der Waals surface area contributed by atoms with Gasteiger partial charge in [0.15, 0.2) is 6.29 Å². The molecule has 1 N–H and O–H groups in total. The first kappa shape index (κ1) is 9.93. The first-order valence-corrected chi connectivity index (χ1v) is 4.31. The SMILES string of the molecule is CC(c1ccccc1)C(C)(O)C=O. The number of hydrogen-bond donors (Lipinski definition) is 1. The molecular weight excluding hydrogens is 164 g/mol. The minimum atomic E-state index is -1.28. The average Bonchev–Trinajstić information content (AvgIpc) is 2.18. The van der Waals surface area contributed by atoms with Crippen molar-refractivity contribution in [3.63, 3.8) is 0 Å². The zero-order chi connectivity index (χ0) is 9.90. The summed E-state index contributed by atoms with van der Waals surface area (Å²) < 4.78 is 0. The number of hydrogen-bond acceptors (Lipinski definition) is 2. The molecule has 0 heterocycles. The molecule has 0 saturated carbocycles. The minimum Gasteiger partial charge on any atom is -0.382 e. The highest BCUT2D eigenvalue weighted by Crippen LogP contribution is 2.25. The van der Waals surface area contributed by atoms with Gasteiger partial charge in [0.2, 0.25) is 0 Å². The lowest BCUT2D eigenvalue weighted by molar-refractivity contribution is -0.124. The van der Waals surface area contributed by atoms with Crippen LogP contribution in [0.5, 0.6) is 0 Å². The van der Waals surface area contributed by atoms with Crippen LogP contribution in [0.25, 0.3) is 0 Å². The largest absolute Gasteiger partial charge is 0.382 e. The Labute approximate surface area is 78.2 Å². The van der Waals surface area contributed by atoms with Crippen molar-refractivity contribution in [2.45, 2.75) is 25.4 Å². The molecule has 0 saturated heterocycles. The Morgan fingerprint density at radius 1 is 1.38 bits per heavy atom. The van der Waals surface area contributed by atoms with Gasteiger partial charge in [-0.15, -0.1) is 0 Å². The Kier molecular flexibility index (Phi) is 2.83. The van der Waals surface area contributed by atoms with Crippen LogP contribution in [-0.2, 0) is 4.79 Å². The van der Waals surface area contributed by atoms with E-state index in [1.165, 1.54) is 6.92 Å². The van der Waals surface area contributed by atoms with E-state index in [-0.39, 0.29) is 5.92 Å². The molecule has 0 radical (unpaired) electrons. The predicted molar refractivity (Wildman–Crippen MR) is 51.5 cm³/mol. The fourth-order valence-corrected chi connectivity index (χ4v) is 1.18. The van der Waals surface area contributed by atoms with Gasteiger partial charge in [-0.2, -0.15) is 0 Å². The second kappa shape index (κ2) is 3.71. The fourth-order valence-electron chi connectivity index (χ4n) is 1.18. The van der Waals surface area contributed by atoms with Crippen molar-refractivity contribution in [2.24, 2.45) is 0 Å². The highest BCUT2D eigenvalue weighted by Gasteiger charge is 2.28. The third kappa shape index (κ3) is 2.16. The Bertz CT molecular complexity index is 277. The van der Waals surface area contributed by atoms with E-state index in [0.717, 1.165) is 5.56 Å². The molecule has 0 aliphatic heterocycles. The van der Waals surface area contributed by atoms with Crippen molar-refractivity contribution in [3.05, 3.63) is 35.9 Å². The zero-order valence-electron chi connectivity index (χ0n) is 7.90. The summed E-state index contributed by atoms with van der Waals surface area (Å²) in [6.45, 7) is 3.36. The van der Waals surface area contributed by atoms with Crippen LogP contribution >= 0.6 is 0 Å². The summed E-state index contributed by atoms with van der Waals surface area (Å²) in [5.74, 6) is -0.175. The summed E-state index contributed by atoms with van der Waals surface area (Å²) in [6, 6.07) is 9.51. The summed E-state index contributed by atoms with van der Waals surface area (Å²) >= 11 is 0. The van der Waals surface area contributed by atoms with E-state index in [1.54, 1.807) is 0 Å². The third-order valence-corrected chi connectivity index (χ3v) is 2.41. The first-order valence-electron chi connectivity index (χ1n) is 4.31. The van der Waals surface area contributed by atoms with Gasteiger partial charge in [-0.1, -0.05) is 37.3 Å². The van der Waals surface area contributed by atoms with E-state index in [4.69, 9.17) is 0 Å². The van der Waals surface area contributed by atoms with Crippen LogP contribution in [0.15, 0.2) is 30.3 Å². The Hall–Kier alpha value is -1.15. The molecule has 70 valence electrons. The van der Waals surface area contributed by atoms with Gasteiger partial charge >= 0.3 is 0 Å². The van der Waals surface area contributed by atoms with Crippen molar-refractivity contribution >= 4 is 6.29 Å². The normalized spacial score (nSPS) is 17.5. The van der Waals surface area contributed by atoms with Crippen molar-refractivity contribution in [3.8, 4) is 0 Å². The lowest BCUT2D eigenvalue weighted by Gasteiger charge is -2.24. The molecule has 2 atom stereocenters. The molecule has 1 rings (SSSR count). The summed E-state index contributed by atoms with van der Waals surface area (Å²) in [5, 5.41) is 9.68. The van der Waals surface area contributed by atoms with Crippen LogP contribution in [0.3, 0.4) is 0 Å². The van der Waals surface area contributed by atoms with Gasteiger partial charge in [-0.05, 0) is 12.5 Å². The summed E-state index contributed by atoms with van der Waals surface area (Å²) in [5.41, 5.74) is -0.305. The van der Waals surface area contributed by atoms with Gasteiger partial charge in [-0.25, -0.2) is 0 Å². The van der Waals surface area contributed by atoms with Gasteiger partial charge in [-0.3, -0.25) is 0 Å². The van der Waals surface area contributed by atoms with E-state index < -0.39 is 5.60 Å². The summed E-state index contributed by atoms with van der Waals surface area (Å²) in [4.78, 5) is 10.6. The van der Waals surface area contributed by atoms with Crippen molar-refractivity contribution in [1.82, 2.24) is 0 Å². The van der Waals surface area contributed by atoms with Crippen molar-refractivity contribution in [2.75, 3.05) is 0 Å². The van der Waals surface area contributed by atoms with E-state index in [1.807, 2.05) is 37.3 Å². The summed E-state index contributed by atoms with van der Waals surface area (Å²) in [7, 11) is 0. The second-order valence-electron chi connectivity index (χ2n) is 3.48. The van der Waals surface area contributed by atoms with Crippen LogP contribution in [0.1, 0.15) is 25.3 Å². The van der Waals surface area contributed by atoms with E-state index >= 15 is 0 Å². The third-order valence-electron chi connectivity index (χ3n) is 2.41. The molecule has 2 heteroatoms. The lowest BCUT2D eigenvalue weighted by Crippen LogP contribution is -2.32. The molecule has 0 aromatic heterocycles. The van der Waals surface area contributed by atoms with Gasteiger partial charge in [0.25, 0.3) is 0 Å². The average molecular weight is 178 g/mol. The minimum absolute atomic E-state index is 0.175. The quantitative estimate of drug-likeness (QED) is 0.716. The van der Waals surface area contributed by atoms with E-state index in [9.17, 15) is 9.90 Å².